The second-order valence-electron chi connectivity index (χ2n) is 4.19. The van der Waals surface area contributed by atoms with E-state index in [2.05, 4.69) is 0 Å². The zero-order valence-electron chi connectivity index (χ0n) is 10.2. The molecule has 0 bridgehead atoms. The van der Waals surface area contributed by atoms with Crippen LogP contribution in [0, 0.1) is 6.92 Å². The van der Waals surface area contributed by atoms with E-state index in [-0.39, 0.29) is 24.4 Å². The van der Waals surface area contributed by atoms with E-state index in [1.54, 1.807) is 6.07 Å². The molecule has 0 fully saturated rings. The van der Waals surface area contributed by atoms with Gasteiger partial charge in [-0.25, -0.2) is 0 Å². The molecule has 0 radical (unpaired) electrons. The van der Waals surface area contributed by atoms with Crippen LogP contribution in [-0.4, -0.2) is 11.6 Å². The van der Waals surface area contributed by atoms with Gasteiger partial charge in [-0.1, -0.05) is 35.9 Å². The number of benzene rings is 1. The van der Waals surface area contributed by atoms with Gasteiger partial charge in [0.05, 0.1) is 4.88 Å². The molecule has 0 aliphatic heterocycles. The number of hydrogen-bond acceptors (Lipinski definition) is 3. The van der Waals surface area contributed by atoms with Gasteiger partial charge in [0.2, 0.25) is 0 Å². The average molecular weight is 258 g/mol. The minimum absolute atomic E-state index is 0.0277. The molecule has 2 rings (SSSR count). The second-order valence-corrected chi connectivity index (χ2v) is 5.14. The lowest BCUT2D eigenvalue weighted by molar-refractivity contribution is 0.0919. The van der Waals surface area contributed by atoms with E-state index in [0.29, 0.717) is 5.56 Å². The molecule has 1 aromatic carbocycles. The zero-order chi connectivity index (χ0) is 13.0. The maximum atomic E-state index is 11.9. The fourth-order valence-corrected chi connectivity index (χ4v) is 2.37. The molecule has 0 N–H and O–H groups in total. The Morgan fingerprint density at radius 2 is 1.67 bits per heavy atom. The molecule has 2 aromatic rings. The van der Waals surface area contributed by atoms with Crippen LogP contribution in [0.1, 0.15) is 38.4 Å². The lowest BCUT2D eigenvalue weighted by atomic mass is 10.0. The molecule has 0 unspecified atom stereocenters. The average Bonchev–Trinajstić information content (AvgIpc) is 2.90. The summed E-state index contributed by atoms with van der Waals surface area (Å²) < 4.78 is 0. The normalized spacial score (nSPS) is 10.3. The zero-order valence-corrected chi connectivity index (χ0v) is 11.0. The fourth-order valence-electron chi connectivity index (χ4n) is 1.67. The van der Waals surface area contributed by atoms with Gasteiger partial charge in [-0.05, 0) is 18.4 Å². The van der Waals surface area contributed by atoms with Gasteiger partial charge in [0.25, 0.3) is 0 Å². The van der Waals surface area contributed by atoms with Gasteiger partial charge in [0.15, 0.2) is 11.6 Å². The van der Waals surface area contributed by atoms with Gasteiger partial charge in [-0.3, -0.25) is 9.59 Å². The van der Waals surface area contributed by atoms with E-state index in [0.717, 1.165) is 10.4 Å². The topological polar surface area (TPSA) is 34.1 Å². The number of hydrogen-bond donors (Lipinski definition) is 0. The highest BCUT2D eigenvalue weighted by molar-refractivity contribution is 7.12. The minimum atomic E-state index is 0.0277. The van der Waals surface area contributed by atoms with Crippen molar-refractivity contribution in [2.75, 3.05) is 0 Å². The molecule has 0 aliphatic rings. The van der Waals surface area contributed by atoms with Crippen molar-refractivity contribution in [1.29, 1.82) is 0 Å². The number of ketones is 2. The molecule has 0 aliphatic carbocycles. The van der Waals surface area contributed by atoms with Crippen molar-refractivity contribution in [3.63, 3.8) is 0 Å². The number of Topliss-reactive ketones (excluding diaryl/α,β-unsaturated/α-hetero) is 2. The van der Waals surface area contributed by atoms with Gasteiger partial charge in [-0.2, -0.15) is 0 Å². The predicted molar refractivity (Wildman–Crippen MR) is 73.4 cm³/mol. The van der Waals surface area contributed by atoms with E-state index in [1.807, 2.05) is 42.6 Å². The first kappa shape index (κ1) is 12.7. The molecule has 1 aromatic heterocycles. The summed E-state index contributed by atoms with van der Waals surface area (Å²) in [5.41, 5.74) is 1.81. The Morgan fingerprint density at radius 3 is 2.28 bits per heavy atom. The van der Waals surface area contributed by atoms with E-state index in [9.17, 15) is 9.59 Å². The van der Waals surface area contributed by atoms with Crippen LogP contribution in [-0.2, 0) is 0 Å². The summed E-state index contributed by atoms with van der Waals surface area (Å²) in [6.07, 6.45) is 0.563. The number of thiophene rings is 1. The first-order chi connectivity index (χ1) is 8.66. The molecule has 0 amide bonds. The van der Waals surface area contributed by atoms with Crippen LogP contribution in [0.25, 0.3) is 0 Å². The summed E-state index contributed by atoms with van der Waals surface area (Å²) >= 11 is 1.42. The molecule has 2 nitrogen and oxygen atoms in total. The first-order valence-electron chi connectivity index (χ1n) is 5.83. The molecule has 18 heavy (non-hydrogen) atoms. The van der Waals surface area contributed by atoms with Crippen molar-refractivity contribution >= 4 is 22.9 Å². The van der Waals surface area contributed by atoms with Crippen LogP contribution in [0.3, 0.4) is 0 Å². The van der Waals surface area contributed by atoms with Crippen LogP contribution in [0.5, 0.6) is 0 Å². The highest BCUT2D eigenvalue weighted by Gasteiger charge is 2.11. The Kier molecular flexibility index (Phi) is 4.05. The molecular formula is C15H14O2S. The van der Waals surface area contributed by atoms with E-state index < -0.39 is 0 Å². The molecule has 0 spiro atoms. The number of carbonyl (C=O) groups excluding carboxylic acids is 2. The van der Waals surface area contributed by atoms with Crippen molar-refractivity contribution in [3.05, 3.63) is 57.8 Å². The van der Waals surface area contributed by atoms with E-state index in [1.165, 1.54) is 11.3 Å². The van der Waals surface area contributed by atoms with Gasteiger partial charge in [-0.15, -0.1) is 11.3 Å². The van der Waals surface area contributed by atoms with Crippen LogP contribution in [0.15, 0.2) is 41.8 Å². The third-order valence-electron chi connectivity index (χ3n) is 2.75. The fraction of sp³-hybridized carbons (Fsp3) is 0.200. The van der Waals surface area contributed by atoms with Gasteiger partial charge < -0.3 is 0 Å². The van der Waals surface area contributed by atoms with Crippen LogP contribution >= 0.6 is 11.3 Å². The maximum Gasteiger partial charge on any atom is 0.173 e. The van der Waals surface area contributed by atoms with Gasteiger partial charge in [0, 0.05) is 18.4 Å². The Bertz CT molecular complexity index is 538. The first-order valence-corrected chi connectivity index (χ1v) is 6.71. The Morgan fingerprint density at radius 1 is 1.00 bits per heavy atom. The van der Waals surface area contributed by atoms with Crippen molar-refractivity contribution in [2.24, 2.45) is 0 Å². The van der Waals surface area contributed by atoms with Crippen molar-refractivity contribution in [2.45, 2.75) is 19.8 Å². The van der Waals surface area contributed by atoms with E-state index >= 15 is 0 Å². The summed E-state index contributed by atoms with van der Waals surface area (Å²) in [7, 11) is 0. The highest BCUT2D eigenvalue weighted by Crippen LogP contribution is 2.14. The number of carbonyl (C=O) groups is 2. The number of aryl methyl sites for hydroxylation is 1. The maximum absolute atomic E-state index is 11.9. The quantitative estimate of drug-likeness (QED) is 0.762. The van der Waals surface area contributed by atoms with E-state index in [4.69, 9.17) is 0 Å². The van der Waals surface area contributed by atoms with Crippen molar-refractivity contribution < 1.29 is 9.59 Å². The molecule has 0 saturated carbocycles. The molecule has 92 valence electrons. The summed E-state index contributed by atoms with van der Waals surface area (Å²) in [5.74, 6) is 0.0744. The Balaban J connectivity index is 1.92. The lowest BCUT2D eigenvalue weighted by Gasteiger charge is -2.01. The van der Waals surface area contributed by atoms with Crippen molar-refractivity contribution in [3.8, 4) is 0 Å². The predicted octanol–water partition coefficient (Wildman–Crippen LogP) is 3.90. The minimum Gasteiger partial charge on any atom is -0.294 e. The van der Waals surface area contributed by atoms with Crippen LogP contribution < -0.4 is 0 Å². The Hall–Kier alpha value is -1.74. The largest absolute Gasteiger partial charge is 0.294 e. The standard InChI is InChI=1S/C15H14O2S/c1-11-4-6-12(7-5-11)13(16)8-9-14(17)15-3-2-10-18-15/h2-7,10H,8-9H2,1H3. The lowest BCUT2D eigenvalue weighted by Crippen LogP contribution is -2.04. The number of rotatable bonds is 5. The molecule has 1 heterocycles. The monoisotopic (exact) mass is 258 g/mol. The van der Waals surface area contributed by atoms with Gasteiger partial charge >= 0.3 is 0 Å². The summed E-state index contributed by atoms with van der Waals surface area (Å²) in [4.78, 5) is 24.4. The third-order valence-corrected chi connectivity index (χ3v) is 3.66. The smallest absolute Gasteiger partial charge is 0.173 e. The van der Waals surface area contributed by atoms with Crippen molar-refractivity contribution in [1.82, 2.24) is 0 Å². The third kappa shape index (κ3) is 3.14. The molecule has 3 heteroatoms. The molecule has 0 atom stereocenters. The van der Waals surface area contributed by atoms with Crippen LogP contribution in [0.2, 0.25) is 0 Å². The summed E-state index contributed by atoms with van der Waals surface area (Å²) in [5, 5.41) is 1.87. The second kappa shape index (κ2) is 5.74. The highest BCUT2D eigenvalue weighted by atomic mass is 32.1. The Labute approximate surface area is 110 Å². The summed E-state index contributed by atoms with van der Waals surface area (Å²) in [6, 6.07) is 11.1. The SMILES string of the molecule is Cc1ccc(C(=O)CCC(=O)c2cccs2)cc1. The van der Waals surface area contributed by atoms with Gasteiger partial charge in [0.1, 0.15) is 0 Å². The molecule has 0 saturated heterocycles. The molecular weight excluding hydrogens is 244 g/mol. The summed E-state index contributed by atoms with van der Waals surface area (Å²) in [6.45, 7) is 1.98. The van der Waals surface area contributed by atoms with Crippen LogP contribution in [0.4, 0.5) is 0 Å².